The Hall–Kier alpha value is -2.34. The second-order valence-corrected chi connectivity index (χ2v) is 6.42. The van der Waals surface area contributed by atoms with Crippen molar-refractivity contribution in [3.8, 4) is 0 Å². The lowest BCUT2D eigenvalue weighted by atomic mass is 10.1. The van der Waals surface area contributed by atoms with E-state index in [2.05, 4.69) is 17.4 Å². The number of hydroxylamine groups is 1. The fraction of sp³-hybridized carbons (Fsp3) is 0.444. The van der Waals surface area contributed by atoms with Crippen molar-refractivity contribution in [2.45, 2.75) is 52.2 Å². The Morgan fingerprint density at radius 2 is 1.83 bits per heavy atom. The number of para-hydroxylation sites is 1. The van der Waals surface area contributed by atoms with Gasteiger partial charge in [-0.3, -0.25) is 4.79 Å². The minimum absolute atomic E-state index is 0.230. The highest BCUT2D eigenvalue weighted by Crippen LogP contribution is 2.12. The van der Waals surface area contributed by atoms with Gasteiger partial charge in [0.15, 0.2) is 0 Å². The third kappa shape index (κ3) is 7.78. The van der Waals surface area contributed by atoms with Gasteiger partial charge in [0.2, 0.25) is 0 Å². The van der Waals surface area contributed by atoms with Crippen molar-refractivity contribution in [1.82, 2.24) is 5.48 Å². The normalized spacial score (nSPS) is 12.2. The van der Waals surface area contributed by atoms with Crippen LogP contribution in [0.3, 0.4) is 0 Å². The van der Waals surface area contributed by atoms with Crippen LogP contribution in [0.1, 0.15) is 40.5 Å². The molecule has 1 rings (SSSR count). The van der Waals surface area contributed by atoms with Gasteiger partial charge in [-0.05, 0) is 45.7 Å². The van der Waals surface area contributed by atoms with E-state index < -0.39 is 11.8 Å². The molecular formula is C18H26N2O4. The van der Waals surface area contributed by atoms with Crippen molar-refractivity contribution in [1.29, 1.82) is 0 Å². The first-order chi connectivity index (χ1) is 11.2. The molecule has 0 bridgehead atoms. The van der Waals surface area contributed by atoms with Gasteiger partial charge in [0.1, 0.15) is 5.60 Å². The molecule has 0 aliphatic heterocycles. The molecule has 2 N–H and O–H groups in total. The Morgan fingerprint density at radius 1 is 1.21 bits per heavy atom. The Kier molecular flexibility index (Phi) is 7.45. The first kappa shape index (κ1) is 19.7. The van der Waals surface area contributed by atoms with E-state index in [0.29, 0.717) is 24.1 Å². The summed E-state index contributed by atoms with van der Waals surface area (Å²) in [5.74, 6) is -0.265. The lowest BCUT2D eigenvalue weighted by Gasteiger charge is -2.21. The standard InChI is InChI=1S/C18H26N2O4/c1-6-14(20-24-17(22)23-18(3,4)5)12-13(2)16(21)19-15-10-8-7-9-11-15/h7-11,14,20H,2,6,12H2,1,3-5H3,(H,19,21). The van der Waals surface area contributed by atoms with E-state index in [4.69, 9.17) is 9.57 Å². The predicted octanol–water partition coefficient (Wildman–Crippen LogP) is 3.81. The molecule has 1 aromatic rings. The zero-order chi connectivity index (χ0) is 18.2. The number of rotatable bonds is 7. The summed E-state index contributed by atoms with van der Waals surface area (Å²) in [6.45, 7) is 11.0. The third-order valence-electron chi connectivity index (χ3n) is 3.04. The Balaban J connectivity index is 2.45. The maximum absolute atomic E-state index is 12.1. The van der Waals surface area contributed by atoms with Gasteiger partial charge < -0.3 is 14.9 Å². The lowest BCUT2D eigenvalue weighted by molar-refractivity contribution is -0.113. The van der Waals surface area contributed by atoms with Crippen LogP contribution >= 0.6 is 0 Å². The van der Waals surface area contributed by atoms with Crippen molar-refractivity contribution in [2.24, 2.45) is 0 Å². The lowest BCUT2D eigenvalue weighted by Crippen LogP contribution is -2.35. The first-order valence-corrected chi connectivity index (χ1v) is 7.90. The molecule has 0 saturated heterocycles. The molecule has 0 saturated carbocycles. The van der Waals surface area contributed by atoms with Gasteiger partial charge in [0.25, 0.3) is 5.91 Å². The van der Waals surface area contributed by atoms with Gasteiger partial charge >= 0.3 is 6.16 Å². The number of hydrogen-bond donors (Lipinski definition) is 2. The van der Waals surface area contributed by atoms with Gasteiger partial charge in [-0.15, -0.1) is 5.48 Å². The average molecular weight is 334 g/mol. The SMILES string of the molecule is C=C(CC(CC)NOC(=O)OC(C)(C)C)C(=O)Nc1ccccc1. The molecule has 1 aromatic carbocycles. The van der Waals surface area contributed by atoms with E-state index in [1.54, 1.807) is 32.9 Å². The first-order valence-electron chi connectivity index (χ1n) is 7.90. The molecule has 132 valence electrons. The molecule has 1 atom stereocenters. The van der Waals surface area contributed by atoms with Gasteiger partial charge in [-0.25, -0.2) is 4.79 Å². The van der Waals surface area contributed by atoms with Crippen molar-refractivity contribution in [2.75, 3.05) is 5.32 Å². The molecular weight excluding hydrogens is 308 g/mol. The molecule has 1 amide bonds. The summed E-state index contributed by atoms with van der Waals surface area (Å²) in [5, 5.41) is 2.77. The predicted molar refractivity (Wildman–Crippen MR) is 93.4 cm³/mol. The summed E-state index contributed by atoms with van der Waals surface area (Å²) in [7, 11) is 0. The molecule has 0 aromatic heterocycles. The van der Waals surface area contributed by atoms with Crippen LogP contribution < -0.4 is 10.8 Å². The number of carbonyl (C=O) groups excluding carboxylic acids is 2. The highest BCUT2D eigenvalue weighted by atomic mass is 16.8. The van der Waals surface area contributed by atoms with Crippen molar-refractivity contribution < 1.29 is 19.2 Å². The summed E-state index contributed by atoms with van der Waals surface area (Å²) >= 11 is 0. The molecule has 1 unspecified atom stereocenters. The molecule has 6 heteroatoms. The Labute approximate surface area is 143 Å². The van der Waals surface area contributed by atoms with Crippen LogP contribution in [0, 0.1) is 0 Å². The number of nitrogens with one attached hydrogen (secondary N) is 2. The van der Waals surface area contributed by atoms with Crippen LogP contribution in [0.2, 0.25) is 0 Å². The largest absolute Gasteiger partial charge is 0.528 e. The molecule has 0 spiro atoms. The monoisotopic (exact) mass is 334 g/mol. The third-order valence-corrected chi connectivity index (χ3v) is 3.04. The molecule has 0 aliphatic rings. The van der Waals surface area contributed by atoms with Crippen molar-refractivity contribution in [3.63, 3.8) is 0 Å². The van der Waals surface area contributed by atoms with Crippen LogP contribution in [0.4, 0.5) is 10.5 Å². The number of amides is 1. The van der Waals surface area contributed by atoms with Gasteiger partial charge in [-0.2, -0.15) is 0 Å². The van der Waals surface area contributed by atoms with E-state index >= 15 is 0 Å². The summed E-state index contributed by atoms with van der Waals surface area (Å²) in [5.41, 5.74) is 3.10. The summed E-state index contributed by atoms with van der Waals surface area (Å²) in [6, 6.07) is 8.91. The maximum atomic E-state index is 12.1. The quantitative estimate of drug-likeness (QED) is 0.450. The minimum Gasteiger partial charge on any atom is -0.427 e. The van der Waals surface area contributed by atoms with Crippen LogP contribution in [0.5, 0.6) is 0 Å². The highest BCUT2D eigenvalue weighted by Gasteiger charge is 2.20. The van der Waals surface area contributed by atoms with Crippen molar-refractivity contribution in [3.05, 3.63) is 42.5 Å². The smallest absolute Gasteiger partial charge is 0.427 e. The molecule has 6 nitrogen and oxygen atoms in total. The minimum atomic E-state index is -0.805. The topological polar surface area (TPSA) is 76.7 Å². The van der Waals surface area contributed by atoms with E-state index in [-0.39, 0.29) is 11.9 Å². The molecule has 0 heterocycles. The molecule has 0 aliphatic carbocycles. The summed E-state index contributed by atoms with van der Waals surface area (Å²) in [4.78, 5) is 28.5. The van der Waals surface area contributed by atoms with Gasteiger partial charge in [0, 0.05) is 17.3 Å². The summed E-state index contributed by atoms with van der Waals surface area (Å²) < 4.78 is 5.04. The van der Waals surface area contributed by atoms with E-state index in [1.807, 2.05) is 25.1 Å². The Morgan fingerprint density at radius 3 is 2.38 bits per heavy atom. The second kappa shape index (κ2) is 9.08. The number of hydrogen-bond acceptors (Lipinski definition) is 5. The molecule has 0 fully saturated rings. The highest BCUT2D eigenvalue weighted by molar-refractivity contribution is 6.03. The molecule has 24 heavy (non-hydrogen) atoms. The number of benzene rings is 1. The number of anilines is 1. The van der Waals surface area contributed by atoms with Gasteiger partial charge in [0.05, 0.1) is 0 Å². The van der Waals surface area contributed by atoms with E-state index in [1.165, 1.54) is 0 Å². The van der Waals surface area contributed by atoms with Crippen LogP contribution in [0.15, 0.2) is 42.5 Å². The number of carbonyl (C=O) groups is 2. The van der Waals surface area contributed by atoms with E-state index in [9.17, 15) is 9.59 Å². The summed E-state index contributed by atoms with van der Waals surface area (Å²) in [6.07, 6.45) is 0.193. The fourth-order valence-electron chi connectivity index (χ4n) is 1.80. The zero-order valence-electron chi connectivity index (χ0n) is 14.7. The van der Waals surface area contributed by atoms with Crippen LogP contribution in [-0.2, 0) is 14.4 Å². The maximum Gasteiger partial charge on any atom is 0.528 e. The zero-order valence-corrected chi connectivity index (χ0v) is 14.7. The van der Waals surface area contributed by atoms with Crippen LogP contribution in [0.25, 0.3) is 0 Å². The molecule has 0 radical (unpaired) electrons. The van der Waals surface area contributed by atoms with Crippen molar-refractivity contribution >= 4 is 17.7 Å². The second-order valence-electron chi connectivity index (χ2n) is 6.42. The average Bonchev–Trinajstić information content (AvgIpc) is 2.50. The fourth-order valence-corrected chi connectivity index (χ4v) is 1.80. The number of ether oxygens (including phenoxy) is 1. The van der Waals surface area contributed by atoms with Crippen LogP contribution in [-0.4, -0.2) is 23.7 Å². The Bertz CT molecular complexity index is 564. The van der Waals surface area contributed by atoms with E-state index in [0.717, 1.165) is 0 Å². The van der Waals surface area contributed by atoms with Gasteiger partial charge in [-0.1, -0.05) is 31.7 Å².